The third-order valence-electron chi connectivity index (χ3n) is 4.10. The molecule has 1 aromatic heterocycles. The van der Waals surface area contributed by atoms with Crippen LogP contribution in [0.4, 0.5) is 10.1 Å². The summed E-state index contributed by atoms with van der Waals surface area (Å²) >= 11 is 0. The van der Waals surface area contributed by atoms with Crippen molar-refractivity contribution in [2.24, 2.45) is 0 Å². The molecule has 0 saturated heterocycles. The van der Waals surface area contributed by atoms with Gasteiger partial charge in [-0.3, -0.25) is 4.79 Å². The van der Waals surface area contributed by atoms with Gasteiger partial charge >= 0.3 is 0 Å². The standard InChI is InChI=1S/C19H20FN5O/c1-12(2)14-4-6-15(7-5-14)18-22-24-25(23-18)13(3)19(26)21-17-10-8-16(20)9-11-17/h4-13H,1-3H3,(H,21,26)/t13-/m1/s1. The highest BCUT2D eigenvalue weighted by Crippen LogP contribution is 2.20. The average molecular weight is 353 g/mol. The Bertz CT molecular complexity index is 887. The maximum Gasteiger partial charge on any atom is 0.250 e. The molecule has 0 bridgehead atoms. The summed E-state index contributed by atoms with van der Waals surface area (Å²) in [6.07, 6.45) is 0. The number of hydrogen-bond acceptors (Lipinski definition) is 4. The van der Waals surface area contributed by atoms with Crippen molar-refractivity contribution < 1.29 is 9.18 Å². The molecule has 1 heterocycles. The van der Waals surface area contributed by atoms with Crippen molar-refractivity contribution in [2.75, 3.05) is 5.32 Å². The number of nitrogens with zero attached hydrogens (tertiary/aromatic N) is 4. The van der Waals surface area contributed by atoms with E-state index in [0.29, 0.717) is 17.4 Å². The summed E-state index contributed by atoms with van der Waals surface area (Å²) in [5.74, 6) is 0.238. The van der Waals surface area contributed by atoms with Crippen molar-refractivity contribution in [1.29, 1.82) is 0 Å². The first-order chi connectivity index (χ1) is 12.4. The Morgan fingerprint density at radius 1 is 1.04 bits per heavy atom. The lowest BCUT2D eigenvalue weighted by atomic mass is 10.0. The minimum Gasteiger partial charge on any atom is -0.324 e. The van der Waals surface area contributed by atoms with Gasteiger partial charge in [0.2, 0.25) is 5.82 Å². The molecule has 134 valence electrons. The zero-order valence-corrected chi connectivity index (χ0v) is 14.8. The van der Waals surface area contributed by atoms with Crippen LogP contribution in [0, 0.1) is 5.82 Å². The Morgan fingerprint density at radius 3 is 2.31 bits per heavy atom. The summed E-state index contributed by atoms with van der Waals surface area (Å²) in [5, 5.41) is 15.0. The molecule has 1 atom stereocenters. The van der Waals surface area contributed by atoms with Gasteiger partial charge in [0.15, 0.2) is 0 Å². The molecule has 7 heteroatoms. The fourth-order valence-electron chi connectivity index (χ4n) is 2.41. The molecule has 0 unspecified atom stereocenters. The van der Waals surface area contributed by atoms with Crippen LogP contribution >= 0.6 is 0 Å². The molecule has 0 aliphatic carbocycles. The molecule has 0 aliphatic heterocycles. The number of tetrazole rings is 1. The molecule has 1 N–H and O–H groups in total. The van der Waals surface area contributed by atoms with Gasteiger partial charge in [-0.15, -0.1) is 10.2 Å². The molecule has 2 aromatic carbocycles. The zero-order chi connectivity index (χ0) is 18.7. The Kier molecular flexibility index (Phi) is 5.06. The van der Waals surface area contributed by atoms with E-state index in [0.717, 1.165) is 5.56 Å². The van der Waals surface area contributed by atoms with Gasteiger partial charge in [0, 0.05) is 11.3 Å². The van der Waals surface area contributed by atoms with Crippen molar-refractivity contribution in [2.45, 2.75) is 32.7 Å². The number of aromatic nitrogens is 4. The predicted octanol–water partition coefficient (Wildman–Crippen LogP) is 3.80. The minimum absolute atomic E-state index is 0.310. The van der Waals surface area contributed by atoms with Crippen molar-refractivity contribution >= 4 is 11.6 Å². The molecule has 0 aliphatic rings. The van der Waals surface area contributed by atoms with Gasteiger partial charge < -0.3 is 5.32 Å². The van der Waals surface area contributed by atoms with Crippen LogP contribution < -0.4 is 5.32 Å². The Labute approximate surface area is 151 Å². The topological polar surface area (TPSA) is 72.7 Å². The Balaban J connectivity index is 1.71. The first-order valence-corrected chi connectivity index (χ1v) is 8.40. The highest BCUT2D eigenvalue weighted by atomic mass is 19.1. The van der Waals surface area contributed by atoms with E-state index in [1.165, 1.54) is 34.6 Å². The maximum atomic E-state index is 12.9. The van der Waals surface area contributed by atoms with Gasteiger partial charge in [0.05, 0.1) is 0 Å². The van der Waals surface area contributed by atoms with E-state index in [1.807, 2.05) is 24.3 Å². The third-order valence-corrected chi connectivity index (χ3v) is 4.10. The first kappa shape index (κ1) is 17.7. The van der Waals surface area contributed by atoms with Crippen LogP contribution in [0.3, 0.4) is 0 Å². The summed E-state index contributed by atoms with van der Waals surface area (Å²) in [7, 11) is 0. The number of anilines is 1. The summed E-state index contributed by atoms with van der Waals surface area (Å²) in [6, 6.07) is 12.9. The fraction of sp³-hybridized carbons (Fsp3) is 0.263. The number of carbonyl (C=O) groups is 1. The van der Waals surface area contributed by atoms with E-state index in [2.05, 4.69) is 34.6 Å². The Hall–Kier alpha value is -3.09. The second-order valence-corrected chi connectivity index (χ2v) is 6.38. The van der Waals surface area contributed by atoms with Crippen LogP contribution in [0.5, 0.6) is 0 Å². The largest absolute Gasteiger partial charge is 0.324 e. The second-order valence-electron chi connectivity index (χ2n) is 6.38. The molecular weight excluding hydrogens is 333 g/mol. The van der Waals surface area contributed by atoms with Crippen LogP contribution in [0.1, 0.15) is 38.3 Å². The lowest BCUT2D eigenvalue weighted by Gasteiger charge is -2.10. The second kappa shape index (κ2) is 7.43. The van der Waals surface area contributed by atoms with E-state index in [-0.39, 0.29) is 11.7 Å². The quantitative estimate of drug-likeness (QED) is 0.757. The molecule has 0 spiro atoms. The average Bonchev–Trinajstić information content (AvgIpc) is 3.13. The molecule has 3 rings (SSSR count). The molecule has 3 aromatic rings. The number of rotatable bonds is 5. The smallest absolute Gasteiger partial charge is 0.250 e. The molecule has 26 heavy (non-hydrogen) atoms. The highest BCUT2D eigenvalue weighted by Gasteiger charge is 2.19. The number of nitrogens with one attached hydrogen (secondary N) is 1. The van der Waals surface area contributed by atoms with E-state index in [4.69, 9.17) is 0 Å². The normalized spacial score (nSPS) is 12.2. The lowest BCUT2D eigenvalue weighted by molar-refractivity contribution is -0.119. The SMILES string of the molecule is CC(C)c1ccc(-c2nnn([C@H](C)C(=O)Nc3ccc(F)cc3)n2)cc1. The van der Waals surface area contributed by atoms with E-state index < -0.39 is 6.04 Å². The van der Waals surface area contributed by atoms with Gasteiger partial charge in [0.1, 0.15) is 11.9 Å². The van der Waals surface area contributed by atoms with Crippen molar-refractivity contribution in [3.63, 3.8) is 0 Å². The summed E-state index contributed by atoms with van der Waals surface area (Å²) in [6.45, 7) is 5.93. The van der Waals surface area contributed by atoms with E-state index in [9.17, 15) is 9.18 Å². The van der Waals surface area contributed by atoms with Crippen molar-refractivity contribution in [1.82, 2.24) is 20.2 Å². The van der Waals surface area contributed by atoms with Crippen LogP contribution in [0.2, 0.25) is 0 Å². The van der Waals surface area contributed by atoms with Crippen molar-refractivity contribution in [3.8, 4) is 11.4 Å². The van der Waals surface area contributed by atoms with Crippen LogP contribution in [-0.4, -0.2) is 26.1 Å². The third kappa shape index (κ3) is 3.93. The molecular formula is C19H20FN5O. The maximum absolute atomic E-state index is 12.9. The number of benzene rings is 2. The van der Waals surface area contributed by atoms with Crippen LogP contribution in [-0.2, 0) is 4.79 Å². The monoisotopic (exact) mass is 353 g/mol. The summed E-state index contributed by atoms with van der Waals surface area (Å²) < 4.78 is 12.9. The Morgan fingerprint density at radius 2 is 1.69 bits per heavy atom. The summed E-state index contributed by atoms with van der Waals surface area (Å²) in [4.78, 5) is 13.6. The number of carbonyl (C=O) groups excluding carboxylic acids is 1. The molecule has 6 nitrogen and oxygen atoms in total. The minimum atomic E-state index is -0.656. The van der Waals surface area contributed by atoms with Gasteiger partial charge in [-0.05, 0) is 47.9 Å². The fourth-order valence-corrected chi connectivity index (χ4v) is 2.41. The molecule has 0 fully saturated rings. The summed E-state index contributed by atoms with van der Waals surface area (Å²) in [5.41, 5.74) is 2.58. The number of hydrogen-bond donors (Lipinski definition) is 1. The van der Waals surface area contributed by atoms with Crippen LogP contribution in [0.25, 0.3) is 11.4 Å². The van der Waals surface area contributed by atoms with Gasteiger partial charge in [-0.1, -0.05) is 38.1 Å². The number of halogens is 1. The van der Waals surface area contributed by atoms with Crippen molar-refractivity contribution in [3.05, 3.63) is 59.9 Å². The highest BCUT2D eigenvalue weighted by molar-refractivity contribution is 5.93. The first-order valence-electron chi connectivity index (χ1n) is 8.40. The van der Waals surface area contributed by atoms with E-state index >= 15 is 0 Å². The lowest BCUT2D eigenvalue weighted by Crippen LogP contribution is -2.25. The molecule has 1 amide bonds. The molecule has 0 radical (unpaired) electrons. The van der Waals surface area contributed by atoms with Gasteiger partial charge in [-0.25, -0.2) is 4.39 Å². The molecule has 0 saturated carbocycles. The number of amides is 1. The van der Waals surface area contributed by atoms with Crippen LogP contribution in [0.15, 0.2) is 48.5 Å². The predicted molar refractivity (Wildman–Crippen MR) is 97.1 cm³/mol. The van der Waals surface area contributed by atoms with Gasteiger partial charge in [0.25, 0.3) is 5.91 Å². The van der Waals surface area contributed by atoms with E-state index in [1.54, 1.807) is 6.92 Å². The zero-order valence-electron chi connectivity index (χ0n) is 14.8. The van der Waals surface area contributed by atoms with Gasteiger partial charge in [-0.2, -0.15) is 4.80 Å².